The number of hydrogen-bond donors (Lipinski definition) is 0. The zero-order chi connectivity index (χ0) is 19.3. The number of hydrogen-bond acceptors (Lipinski definition) is 5. The van der Waals surface area contributed by atoms with Crippen LogP contribution in [0.4, 0.5) is 10.6 Å². The molecular weight excluding hydrogens is 432 g/mol. The molecule has 0 spiro atoms. The highest BCUT2D eigenvalue weighted by Crippen LogP contribution is 2.36. The summed E-state index contributed by atoms with van der Waals surface area (Å²) in [5, 5.41) is 1.20. The largest absolute Gasteiger partial charge is 0.444 e. The van der Waals surface area contributed by atoms with Gasteiger partial charge in [-0.2, -0.15) is 4.98 Å². The van der Waals surface area contributed by atoms with Gasteiger partial charge in [-0.1, -0.05) is 15.9 Å². The lowest BCUT2D eigenvalue weighted by molar-refractivity contribution is 0.0123. The lowest BCUT2D eigenvalue weighted by Gasteiger charge is -2.42. The molecule has 8 heteroatoms. The van der Waals surface area contributed by atoms with E-state index < -0.39 is 5.60 Å². The predicted molar refractivity (Wildman–Crippen MR) is 109 cm³/mol. The molecule has 2 aliphatic heterocycles. The molecule has 3 heterocycles. The summed E-state index contributed by atoms with van der Waals surface area (Å²) < 4.78 is 6.57. The van der Waals surface area contributed by atoms with E-state index in [0.29, 0.717) is 13.1 Å². The first-order chi connectivity index (χ1) is 12.7. The minimum absolute atomic E-state index is 0.123. The maximum absolute atomic E-state index is 12.7. The second-order valence-corrected chi connectivity index (χ2v) is 9.41. The molecule has 0 aliphatic carbocycles. The van der Waals surface area contributed by atoms with Crippen molar-refractivity contribution < 1.29 is 9.53 Å². The van der Waals surface area contributed by atoms with Gasteiger partial charge in [0.1, 0.15) is 11.4 Å². The minimum Gasteiger partial charge on any atom is -0.444 e. The molecule has 2 saturated heterocycles. The Kier molecular flexibility index (Phi) is 4.71. The second kappa shape index (κ2) is 6.78. The zero-order valence-electron chi connectivity index (χ0n) is 15.6. The van der Waals surface area contributed by atoms with Crippen LogP contribution < -0.4 is 4.90 Å². The normalized spacial score (nSPS) is 22.4. The van der Waals surface area contributed by atoms with Crippen LogP contribution in [0.2, 0.25) is 5.28 Å². The fourth-order valence-electron chi connectivity index (χ4n) is 3.99. The van der Waals surface area contributed by atoms with Gasteiger partial charge in [0.05, 0.1) is 17.6 Å². The molecule has 2 aliphatic rings. The SMILES string of the molecule is CC(C)(C)OC(=O)N1C2CCC1CN(c1nc(Cl)nc3cc(Br)ccc13)C2. The van der Waals surface area contributed by atoms with Crippen molar-refractivity contribution in [1.29, 1.82) is 0 Å². The second-order valence-electron chi connectivity index (χ2n) is 8.16. The number of rotatable bonds is 1. The summed E-state index contributed by atoms with van der Waals surface area (Å²) in [5.41, 5.74) is 0.318. The standard InChI is InChI=1S/C19H22BrClN4O2/c1-19(2,3)27-18(26)25-12-5-6-13(25)10-24(9-12)16-14-7-4-11(20)8-15(14)22-17(21)23-16/h4,7-8,12-13H,5-6,9-10H2,1-3H3. The number of amides is 1. The lowest BCUT2D eigenvalue weighted by Crippen LogP contribution is -2.57. The third-order valence-corrected chi connectivity index (χ3v) is 5.66. The lowest BCUT2D eigenvalue weighted by atomic mass is 10.1. The van der Waals surface area contributed by atoms with Crippen LogP contribution in [0.3, 0.4) is 0 Å². The monoisotopic (exact) mass is 452 g/mol. The summed E-state index contributed by atoms with van der Waals surface area (Å²) in [5.74, 6) is 0.832. The highest BCUT2D eigenvalue weighted by Gasteiger charge is 2.44. The Morgan fingerprint density at radius 3 is 2.52 bits per heavy atom. The van der Waals surface area contributed by atoms with Crippen molar-refractivity contribution in [3.05, 3.63) is 28.0 Å². The molecule has 1 aromatic heterocycles. The fraction of sp³-hybridized carbons (Fsp3) is 0.526. The number of carbonyl (C=O) groups excluding carboxylic acids is 1. The van der Waals surface area contributed by atoms with Crippen LogP contribution in [0.25, 0.3) is 10.9 Å². The van der Waals surface area contributed by atoms with Crippen molar-refractivity contribution in [2.24, 2.45) is 0 Å². The first kappa shape index (κ1) is 18.7. The van der Waals surface area contributed by atoms with Crippen molar-refractivity contribution in [2.75, 3.05) is 18.0 Å². The number of benzene rings is 1. The average molecular weight is 454 g/mol. The van der Waals surface area contributed by atoms with Crippen molar-refractivity contribution >= 4 is 50.3 Å². The number of aromatic nitrogens is 2. The number of anilines is 1. The number of nitrogens with zero attached hydrogens (tertiary/aromatic N) is 4. The van der Waals surface area contributed by atoms with E-state index in [-0.39, 0.29) is 23.5 Å². The van der Waals surface area contributed by atoms with Crippen LogP contribution >= 0.6 is 27.5 Å². The summed E-state index contributed by atoms with van der Waals surface area (Å²) >= 11 is 9.67. The summed E-state index contributed by atoms with van der Waals surface area (Å²) in [6.07, 6.45) is 1.73. The highest BCUT2D eigenvalue weighted by molar-refractivity contribution is 9.10. The van der Waals surface area contributed by atoms with Crippen molar-refractivity contribution in [3.63, 3.8) is 0 Å². The molecule has 6 nitrogen and oxygen atoms in total. The maximum Gasteiger partial charge on any atom is 0.410 e. The highest BCUT2D eigenvalue weighted by atomic mass is 79.9. The van der Waals surface area contributed by atoms with E-state index in [2.05, 4.69) is 30.8 Å². The third-order valence-electron chi connectivity index (χ3n) is 5.00. The number of fused-ring (bicyclic) bond motifs is 3. The summed E-state index contributed by atoms with van der Waals surface area (Å²) in [4.78, 5) is 25.7. The third kappa shape index (κ3) is 3.72. The summed E-state index contributed by atoms with van der Waals surface area (Å²) in [6, 6.07) is 6.18. The Morgan fingerprint density at radius 2 is 1.89 bits per heavy atom. The van der Waals surface area contributed by atoms with E-state index >= 15 is 0 Å². The van der Waals surface area contributed by atoms with E-state index in [9.17, 15) is 4.79 Å². The van der Waals surface area contributed by atoms with Gasteiger partial charge in [-0.25, -0.2) is 9.78 Å². The molecule has 1 aromatic carbocycles. The number of carbonyl (C=O) groups is 1. The van der Waals surface area contributed by atoms with Crippen LogP contribution in [0.5, 0.6) is 0 Å². The van der Waals surface area contributed by atoms with Crippen molar-refractivity contribution in [2.45, 2.75) is 51.3 Å². The van der Waals surface area contributed by atoms with Gasteiger partial charge in [0.2, 0.25) is 5.28 Å². The van der Waals surface area contributed by atoms with Gasteiger partial charge in [-0.3, -0.25) is 4.90 Å². The molecule has 4 rings (SSSR count). The van der Waals surface area contributed by atoms with Gasteiger partial charge in [-0.05, 0) is 63.4 Å². The maximum atomic E-state index is 12.7. The zero-order valence-corrected chi connectivity index (χ0v) is 17.9. The van der Waals surface area contributed by atoms with Crippen molar-refractivity contribution in [1.82, 2.24) is 14.9 Å². The Bertz CT molecular complexity index is 882. The molecule has 2 fully saturated rings. The molecule has 27 heavy (non-hydrogen) atoms. The average Bonchev–Trinajstić information content (AvgIpc) is 2.82. The van der Waals surface area contributed by atoms with Gasteiger partial charge in [0.15, 0.2) is 0 Å². The van der Waals surface area contributed by atoms with Gasteiger partial charge >= 0.3 is 6.09 Å². The molecule has 1 amide bonds. The van der Waals surface area contributed by atoms with Gasteiger partial charge in [0.25, 0.3) is 0 Å². The molecule has 2 aromatic rings. The van der Waals surface area contributed by atoms with Gasteiger partial charge < -0.3 is 9.64 Å². The summed E-state index contributed by atoms with van der Waals surface area (Å²) in [7, 11) is 0. The number of ether oxygens (including phenoxy) is 1. The molecule has 0 radical (unpaired) electrons. The van der Waals surface area contributed by atoms with Crippen LogP contribution in [0, 0.1) is 0 Å². The summed E-state index contributed by atoms with van der Waals surface area (Å²) in [6.45, 7) is 7.13. The molecule has 144 valence electrons. The molecule has 2 unspecified atom stereocenters. The van der Waals surface area contributed by atoms with Crippen molar-refractivity contribution in [3.8, 4) is 0 Å². The topological polar surface area (TPSA) is 58.6 Å². The molecule has 2 atom stereocenters. The number of halogens is 2. The van der Waals surface area contributed by atoms with E-state index in [1.54, 1.807) is 0 Å². The minimum atomic E-state index is -0.489. The molecule has 0 saturated carbocycles. The molecule has 2 bridgehead atoms. The van der Waals surface area contributed by atoms with E-state index in [1.165, 1.54) is 0 Å². The number of piperazine rings is 1. The Morgan fingerprint density at radius 1 is 1.22 bits per heavy atom. The Labute approximate surface area is 172 Å². The molecule has 0 N–H and O–H groups in total. The molecular formula is C19H22BrClN4O2. The first-order valence-electron chi connectivity index (χ1n) is 9.10. The van der Waals surface area contributed by atoms with Crippen LogP contribution in [-0.4, -0.2) is 51.7 Å². The Balaban J connectivity index is 1.62. The van der Waals surface area contributed by atoms with E-state index in [1.807, 2.05) is 43.9 Å². The van der Waals surface area contributed by atoms with E-state index in [4.69, 9.17) is 16.3 Å². The van der Waals surface area contributed by atoms with Crippen LogP contribution in [0.15, 0.2) is 22.7 Å². The van der Waals surface area contributed by atoms with Gasteiger partial charge in [-0.15, -0.1) is 0 Å². The fourth-order valence-corrected chi connectivity index (χ4v) is 4.51. The Hall–Kier alpha value is -1.60. The van der Waals surface area contributed by atoms with Crippen LogP contribution in [0.1, 0.15) is 33.6 Å². The van der Waals surface area contributed by atoms with E-state index in [0.717, 1.165) is 34.0 Å². The predicted octanol–water partition coefficient (Wildman–Crippen LogP) is 4.63. The quantitative estimate of drug-likeness (QED) is 0.589. The smallest absolute Gasteiger partial charge is 0.410 e. The van der Waals surface area contributed by atoms with Gasteiger partial charge in [0, 0.05) is 22.9 Å². The first-order valence-corrected chi connectivity index (χ1v) is 10.3. The van der Waals surface area contributed by atoms with Crippen LogP contribution in [-0.2, 0) is 4.74 Å².